The number of benzene rings is 1. The zero-order valence-corrected chi connectivity index (χ0v) is 9.91. The summed E-state index contributed by atoms with van der Waals surface area (Å²) in [6, 6.07) is 5.58. The maximum absolute atomic E-state index is 12.8. The fraction of sp³-hybridized carbons (Fsp3) is 0.250. The molecule has 1 aromatic heterocycles. The molecule has 2 aromatic rings. The maximum atomic E-state index is 12.8. The Bertz CT molecular complexity index is 549. The van der Waals surface area contributed by atoms with Crippen molar-refractivity contribution in [3.05, 3.63) is 48.0 Å². The maximum Gasteiger partial charge on any atom is 0.180 e. The first-order chi connectivity index (χ1) is 8.63. The van der Waals surface area contributed by atoms with E-state index in [4.69, 9.17) is 0 Å². The van der Waals surface area contributed by atoms with Gasteiger partial charge in [0, 0.05) is 12.1 Å². The first kappa shape index (κ1) is 12.4. The summed E-state index contributed by atoms with van der Waals surface area (Å²) in [5.41, 5.74) is 0.931. The molecule has 18 heavy (non-hydrogen) atoms. The quantitative estimate of drug-likeness (QED) is 0.892. The minimum Gasteiger partial charge on any atom is -0.384 e. The van der Waals surface area contributed by atoms with E-state index in [2.05, 4.69) is 22.1 Å². The molecule has 1 aromatic carbocycles. The molecule has 6 heteroatoms. The zero-order valence-electron chi connectivity index (χ0n) is 9.91. The van der Waals surface area contributed by atoms with E-state index in [0.29, 0.717) is 23.5 Å². The van der Waals surface area contributed by atoms with Gasteiger partial charge in [0.25, 0.3) is 0 Å². The van der Waals surface area contributed by atoms with Crippen LogP contribution in [-0.4, -0.2) is 25.3 Å². The topological polar surface area (TPSA) is 63.8 Å². The van der Waals surface area contributed by atoms with E-state index in [-0.39, 0.29) is 5.82 Å². The van der Waals surface area contributed by atoms with Gasteiger partial charge in [0.05, 0.1) is 0 Å². The van der Waals surface area contributed by atoms with Crippen LogP contribution >= 0.6 is 0 Å². The average Bonchev–Trinajstić information content (AvgIpc) is 2.86. The third-order valence-electron chi connectivity index (χ3n) is 2.63. The molecule has 0 saturated heterocycles. The molecular weight excluding hydrogens is 235 g/mol. The van der Waals surface area contributed by atoms with Crippen molar-refractivity contribution in [3.63, 3.8) is 0 Å². The largest absolute Gasteiger partial charge is 0.384 e. The Morgan fingerprint density at radius 3 is 2.72 bits per heavy atom. The second-order valence-electron chi connectivity index (χ2n) is 3.80. The van der Waals surface area contributed by atoms with Gasteiger partial charge in [0.15, 0.2) is 5.82 Å². The molecule has 1 N–H and O–H groups in total. The smallest absolute Gasteiger partial charge is 0.180 e. The van der Waals surface area contributed by atoms with Gasteiger partial charge in [-0.3, -0.25) is 0 Å². The van der Waals surface area contributed by atoms with Crippen LogP contribution in [-0.2, 0) is 6.54 Å². The summed E-state index contributed by atoms with van der Waals surface area (Å²) in [5, 5.41) is 21.3. The molecule has 0 radical (unpaired) electrons. The Balaban J connectivity index is 2.26. The molecule has 1 unspecified atom stereocenters. The number of hydrogen-bond donors (Lipinski definition) is 1. The number of aliphatic hydroxyl groups is 1. The third kappa shape index (κ3) is 2.28. The highest BCUT2D eigenvalue weighted by molar-refractivity contribution is 5.62. The molecule has 0 saturated carbocycles. The molecule has 0 bridgehead atoms. The highest BCUT2D eigenvalue weighted by Crippen LogP contribution is 2.26. The van der Waals surface area contributed by atoms with E-state index in [9.17, 15) is 9.50 Å². The predicted molar refractivity (Wildman–Crippen MR) is 63.9 cm³/mol. The molecule has 0 spiro atoms. The molecule has 0 aliphatic carbocycles. The summed E-state index contributed by atoms with van der Waals surface area (Å²) in [7, 11) is 0. The minimum absolute atomic E-state index is 0.352. The summed E-state index contributed by atoms with van der Waals surface area (Å²) in [5.74, 6) is 0.0734. The van der Waals surface area contributed by atoms with Crippen LogP contribution in [0.15, 0.2) is 30.8 Å². The Kier molecular flexibility index (Phi) is 3.47. The van der Waals surface area contributed by atoms with Crippen LogP contribution in [0.4, 0.5) is 4.39 Å². The number of tetrazole rings is 1. The number of aliphatic hydroxyl groups excluding tert-OH is 1. The van der Waals surface area contributed by atoms with E-state index < -0.39 is 6.10 Å². The van der Waals surface area contributed by atoms with Crippen molar-refractivity contribution in [3.8, 4) is 0 Å². The average molecular weight is 248 g/mol. The lowest BCUT2D eigenvalue weighted by Gasteiger charge is -2.13. The molecule has 1 atom stereocenters. The number of nitrogens with zero attached hydrogens (tertiary/aromatic N) is 4. The predicted octanol–water partition coefficient (Wildman–Crippen LogP) is 1.58. The fourth-order valence-electron chi connectivity index (χ4n) is 1.62. The molecule has 5 nitrogen and oxygen atoms in total. The van der Waals surface area contributed by atoms with Crippen LogP contribution in [0.1, 0.15) is 24.4 Å². The fourth-order valence-corrected chi connectivity index (χ4v) is 1.62. The van der Waals surface area contributed by atoms with Crippen molar-refractivity contribution in [1.82, 2.24) is 20.2 Å². The van der Waals surface area contributed by atoms with Crippen LogP contribution in [0.3, 0.4) is 0 Å². The molecule has 0 aliphatic heterocycles. The molecule has 0 fully saturated rings. The first-order valence-corrected chi connectivity index (χ1v) is 5.52. The van der Waals surface area contributed by atoms with Crippen molar-refractivity contribution in [2.24, 2.45) is 0 Å². The molecular formula is C12H13FN4O. The second kappa shape index (κ2) is 5.05. The number of aromatic nitrogens is 4. The number of aryl methyl sites for hydroxylation is 1. The van der Waals surface area contributed by atoms with Crippen molar-refractivity contribution in [2.75, 3.05) is 0 Å². The van der Waals surface area contributed by atoms with E-state index in [0.717, 1.165) is 0 Å². The van der Waals surface area contributed by atoms with E-state index in [1.165, 1.54) is 28.9 Å². The van der Waals surface area contributed by atoms with Crippen LogP contribution in [0.25, 0.3) is 5.57 Å². The van der Waals surface area contributed by atoms with Crippen LogP contribution in [0.2, 0.25) is 0 Å². The summed E-state index contributed by atoms with van der Waals surface area (Å²) in [6.07, 6.45) is -0.957. The monoisotopic (exact) mass is 248 g/mol. The SMILES string of the molecule is C=C(c1nnnn1CC)C(O)c1ccc(F)cc1. The molecule has 0 amide bonds. The van der Waals surface area contributed by atoms with Gasteiger partial charge in [-0.2, -0.15) is 0 Å². The van der Waals surface area contributed by atoms with Crippen LogP contribution in [0, 0.1) is 5.82 Å². The lowest BCUT2D eigenvalue weighted by Crippen LogP contribution is -2.08. The molecule has 2 rings (SSSR count). The third-order valence-corrected chi connectivity index (χ3v) is 2.63. The Morgan fingerprint density at radius 2 is 2.11 bits per heavy atom. The van der Waals surface area contributed by atoms with Crippen molar-refractivity contribution < 1.29 is 9.50 Å². The minimum atomic E-state index is -0.957. The Hall–Kier alpha value is -2.08. The van der Waals surface area contributed by atoms with Gasteiger partial charge in [-0.25, -0.2) is 9.07 Å². The summed E-state index contributed by atoms with van der Waals surface area (Å²) in [4.78, 5) is 0. The summed E-state index contributed by atoms with van der Waals surface area (Å²) >= 11 is 0. The van der Waals surface area contributed by atoms with Crippen molar-refractivity contribution in [2.45, 2.75) is 19.6 Å². The number of rotatable bonds is 4. The van der Waals surface area contributed by atoms with Gasteiger partial charge in [0.2, 0.25) is 0 Å². The Labute approximate surface area is 104 Å². The highest BCUT2D eigenvalue weighted by Gasteiger charge is 2.18. The number of hydrogen-bond acceptors (Lipinski definition) is 4. The van der Waals surface area contributed by atoms with E-state index >= 15 is 0 Å². The standard InChI is InChI=1S/C12H13FN4O/c1-3-17-12(14-15-16-17)8(2)11(18)9-4-6-10(13)7-5-9/h4-7,11,18H,2-3H2,1H3. The van der Waals surface area contributed by atoms with Gasteiger partial charge in [-0.15, -0.1) is 5.10 Å². The van der Waals surface area contributed by atoms with E-state index in [1.807, 2.05) is 6.92 Å². The van der Waals surface area contributed by atoms with Gasteiger partial charge >= 0.3 is 0 Å². The normalized spacial score (nSPS) is 12.4. The van der Waals surface area contributed by atoms with Crippen LogP contribution in [0.5, 0.6) is 0 Å². The van der Waals surface area contributed by atoms with Gasteiger partial charge in [-0.05, 0) is 35.0 Å². The number of halogens is 1. The molecule has 1 heterocycles. The summed E-state index contributed by atoms with van der Waals surface area (Å²) in [6.45, 7) is 6.26. The first-order valence-electron chi connectivity index (χ1n) is 5.52. The highest BCUT2D eigenvalue weighted by atomic mass is 19.1. The second-order valence-corrected chi connectivity index (χ2v) is 3.80. The van der Waals surface area contributed by atoms with Crippen molar-refractivity contribution >= 4 is 5.57 Å². The van der Waals surface area contributed by atoms with Crippen molar-refractivity contribution in [1.29, 1.82) is 0 Å². The van der Waals surface area contributed by atoms with Gasteiger partial charge in [0.1, 0.15) is 11.9 Å². The van der Waals surface area contributed by atoms with Gasteiger partial charge in [-0.1, -0.05) is 18.7 Å². The Morgan fingerprint density at radius 1 is 1.44 bits per heavy atom. The molecule has 94 valence electrons. The van der Waals surface area contributed by atoms with Crippen LogP contribution < -0.4 is 0 Å². The molecule has 0 aliphatic rings. The lowest BCUT2D eigenvalue weighted by molar-refractivity contribution is 0.237. The lowest BCUT2D eigenvalue weighted by atomic mass is 10.0. The summed E-state index contributed by atoms with van der Waals surface area (Å²) < 4.78 is 14.3. The van der Waals surface area contributed by atoms with Gasteiger partial charge < -0.3 is 5.11 Å². The zero-order chi connectivity index (χ0) is 13.1. The van der Waals surface area contributed by atoms with E-state index in [1.54, 1.807) is 0 Å².